The highest BCUT2D eigenvalue weighted by molar-refractivity contribution is 9.10. The zero-order chi connectivity index (χ0) is 26.7. The average molecular weight is 576 g/mol. The average Bonchev–Trinajstić information content (AvgIpc) is 2.92. The van der Waals surface area contributed by atoms with Gasteiger partial charge in [-0.2, -0.15) is 0 Å². The standard InChI is InChI=1S/C28H26BrN5O4/c29-22-16-21(17-30-18-22)26(35)33-23-10-8-19(9-11-23)12-13-31-27(36)32-14-15-38-28(37)34-25-7-3-5-20-4-1-2-6-24(20)25/h1-11,16-18H,12-15H2,(H,33,35)(H,34,37)(H2,31,32,36). The van der Waals surface area contributed by atoms with Crippen molar-refractivity contribution >= 4 is 56.1 Å². The SMILES string of the molecule is O=C(NCCOC(=O)Nc1cccc2ccccc12)NCCc1ccc(NC(=O)c2cncc(Br)c2)cc1. The van der Waals surface area contributed by atoms with Gasteiger partial charge in [-0.1, -0.05) is 48.5 Å². The van der Waals surface area contributed by atoms with Gasteiger partial charge in [-0.15, -0.1) is 0 Å². The number of carbonyl (C=O) groups excluding carboxylic acids is 3. The summed E-state index contributed by atoms with van der Waals surface area (Å²) in [5, 5.41) is 12.9. The molecular weight excluding hydrogens is 550 g/mol. The number of nitrogens with one attached hydrogen (secondary N) is 4. The largest absolute Gasteiger partial charge is 0.447 e. The summed E-state index contributed by atoms with van der Waals surface area (Å²) >= 11 is 3.30. The number of hydrogen-bond donors (Lipinski definition) is 4. The van der Waals surface area contributed by atoms with Crippen LogP contribution in [0.25, 0.3) is 10.8 Å². The lowest BCUT2D eigenvalue weighted by Gasteiger charge is -2.11. The summed E-state index contributed by atoms with van der Waals surface area (Å²) in [6.07, 6.45) is 3.14. The maximum absolute atomic E-state index is 12.3. The maximum Gasteiger partial charge on any atom is 0.411 e. The molecule has 1 heterocycles. The van der Waals surface area contributed by atoms with E-state index in [9.17, 15) is 14.4 Å². The first-order valence-corrected chi connectivity index (χ1v) is 12.7. The molecule has 0 fully saturated rings. The topological polar surface area (TPSA) is 121 Å². The smallest absolute Gasteiger partial charge is 0.411 e. The van der Waals surface area contributed by atoms with E-state index in [1.54, 1.807) is 30.5 Å². The number of urea groups is 1. The Bertz CT molecular complexity index is 1420. The van der Waals surface area contributed by atoms with Gasteiger partial charge < -0.3 is 20.7 Å². The Hall–Kier alpha value is -4.44. The minimum Gasteiger partial charge on any atom is -0.447 e. The monoisotopic (exact) mass is 575 g/mol. The Morgan fingerprint density at radius 2 is 1.61 bits per heavy atom. The summed E-state index contributed by atoms with van der Waals surface area (Å²) in [5.41, 5.74) is 2.78. The highest BCUT2D eigenvalue weighted by Crippen LogP contribution is 2.23. The number of fused-ring (bicyclic) bond motifs is 1. The van der Waals surface area contributed by atoms with Gasteiger partial charge in [0.15, 0.2) is 0 Å². The predicted octanol–water partition coefficient (Wildman–Crippen LogP) is 5.34. The molecule has 10 heteroatoms. The second-order valence-corrected chi connectivity index (χ2v) is 9.18. The molecule has 0 unspecified atom stereocenters. The molecule has 0 saturated heterocycles. The van der Waals surface area contributed by atoms with E-state index in [1.807, 2.05) is 48.5 Å². The zero-order valence-corrected chi connectivity index (χ0v) is 22.0. The van der Waals surface area contributed by atoms with Crippen molar-refractivity contribution < 1.29 is 19.1 Å². The maximum atomic E-state index is 12.3. The molecule has 0 atom stereocenters. The molecule has 4 N–H and O–H groups in total. The number of amides is 4. The molecule has 9 nitrogen and oxygen atoms in total. The Labute approximate surface area is 228 Å². The number of hydrogen-bond acceptors (Lipinski definition) is 5. The van der Waals surface area contributed by atoms with Crippen LogP contribution in [0.5, 0.6) is 0 Å². The summed E-state index contributed by atoms with van der Waals surface area (Å²) in [7, 11) is 0. The first kappa shape index (κ1) is 26.6. The van der Waals surface area contributed by atoms with Crippen LogP contribution < -0.4 is 21.3 Å². The van der Waals surface area contributed by atoms with Crippen molar-refractivity contribution in [2.24, 2.45) is 0 Å². The Morgan fingerprint density at radius 1 is 0.842 bits per heavy atom. The van der Waals surface area contributed by atoms with Crippen molar-refractivity contribution in [3.63, 3.8) is 0 Å². The molecule has 0 aliphatic carbocycles. The van der Waals surface area contributed by atoms with Crippen LogP contribution in [-0.4, -0.2) is 42.7 Å². The van der Waals surface area contributed by atoms with Crippen molar-refractivity contribution in [1.29, 1.82) is 0 Å². The van der Waals surface area contributed by atoms with Crippen LogP contribution in [0.4, 0.5) is 21.0 Å². The Balaban J connectivity index is 1.11. The predicted molar refractivity (Wildman–Crippen MR) is 150 cm³/mol. The number of benzene rings is 3. The van der Waals surface area contributed by atoms with Gasteiger partial charge in [0.1, 0.15) is 6.61 Å². The van der Waals surface area contributed by atoms with Crippen molar-refractivity contribution in [3.05, 3.63) is 101 Å². The molecule has 194 valence electrons. The van der Waals surface area contributed by atoms with Crippen LogP contribution in [0.1, 0.15) is 15.9 Å². The number of rotatable bonds is 9. The molecule has 0 saturated carbocycles. The fourth-order valence-corrected chi connectivity index (χ4v) is 4.03. The van der Waals surface area contributed by atoms with Gasteiger partial charge in [0, 0.05) is 34.5 Å². The third-order valence-corrected chi connectivity index (χ3v) is 5.96. The molecular formula is C28H26BrN5O4. The van der Waals surface area contributed by atoms with Crippen LogP contribution in [0.3, 0.4) is 0 Å². The zero-order valence-electron chi connectivity index (χ0n) is 20.4. The molecule has 1 aromatic heterocycles. The molecule has 4 aromatic rings. The van der Waals surface area contributed by atoms with Crippen molar-refractivity contribution in [1.82, 2.24) is 15.6 Å². The van der Waals surface area contributed by atoms with Crippen LogP contribution in [0.15, 0.2) is 89.7 Å². The molecule has 0 bridgehead atoms. The number of halogens is 1. The quantitative estimate of drug-likeness (QED) is 0.201. The Morgan fingerprint density at radius 3 is 2.42 bits per heavy atom. The van der Waals surface area contributed by atoms with Crippen LogP contribution in [0, 0.1) is 0 Å². The lowest BCUT2D eigenvalue weighted by molar-refractivity contribution is 0.102. The molecule has 0 aliphatic rings. The van der Waals surface area contributed by atoms with E-state index in [0.717, 1.165) is 20.8 Å². The summed E-state index contributed by atoms with van der Waals surface area (Å²) < 4.78 is 5.89. The number of nitrogens with zero attached hydrogens (tertiary/aromatic N) is 1. The summed E-state index contributed by atoms with van der Waals surface area (Å²) in [4.78, 5) is 40.4. The minimum atomic E-state index is -0.587. The van der Waals surface area contributed by atoms with E-state index >= 15 is 0 Å². The molecule has 0 spiro atoms. The van der Waals surface area contributed by atoms with Gasteiger partial charge in [-0.3, -0.25) is 15.1 Å². The third kappa shape index (κ3) is 7.78. The van der Waals surface area contributed by atoms with Gasteiger partial charge in [0.2, 0.25) is 0 Å². The van der Waals surface area contributed by atoms with Crippen LogP contribution >= 0.6 is 15.9 Å². The molecule has 3 aromatic carbocycles. The van der Waals surface area contributed by atoms with Gasteiger partial charge in [0.05, 0.1) is 17.8 Å². The first-order valence-electron chi connectivity index (χ1n) is 11.9. The van der Waals surface area contributed by atoms with E-state index in [2.05, 4.69) is 42.2 Å². The number of ether oxygens (including phenoxy) is 1. The van der Waals surface area contributed by atoms with Gasteiger partial charge in [-0.05, 0) is 57.6 Å². The molecule has 0 radical (unpaired) electrons. The van der Waals surface area contributed by atoms with Crippen molar-refractivity contribution in [2.75, 3.05) is 30.3 Å². The number of carbonyl (C=O) groups is 3. The van der Waals surface area contributed by atoms with E-state index in [-0.39, 0.29) is 25.1 Å². The van der Waals surface area contributed by atoms with E-state index < -0.39 is 6.09 Å². The summed E-state index contributed by atoms with van der Waals surface area (Å²) in [5.74, 6) is -0.250. The van der Waals surface area contributed by atoms with Crippen molar-refractivity contribution in [2.45, 2.75) is 6.42 Å². The molecule has 38 heavy (non-hydrogen) atoms. The number of pyridine rings is 1. The molecule has 0 aliphatic heterocycles. The first-order chi connectivity index (χ1) is 18.5. The Kier molecular flexibility index (Phi) is 9.25. The third-order valence-electron chi connectivity index (χ3n) is 5.53. The fraction of sp³-hybridized carbons (Fsp3) is 0.143. The lowest BCUT2D eigenvalue weighted by atomic mass is 10.1. The van der Waals surface area contributed by atoms with Gasteiger partial charge in [0.25, 0.3) is 5.91 Å². The summed E-state index contributed by atoms with van der Waals surface area (Å²) in [6.45, 7) is 0.633. The van der Waals surface area contributed by atoms with Gasteiger partial charge in [-0.25, -0.2) is 9.59 Å². The minimum absolute atomic E-state index is 0.0349. The summed E-state index contributed by atoms with van der Waals surface area (Å²) in [6, 6.07) is 22.1. The van der Waals surface area contributed by atoms with E-state index in [4.69, 9.17) is 4.74 Å². The van der Waals surface area contributed by atoms with Crippen molar-refractivity contribution in [3.8, 4) is 0 Å². The second kappa shape index (κ2) is 13.2. The lowest BCUT2D eigenvalue weighted by Crippen LogP contribution is -2.38. The fourth-order valence-electron chi connectivity index (χ4n) is 3.67. The van der Waals surface area contributed by atoms with E-state index in [1.165, 1.54) is 6.20 Å². The number of aromatic nitrogens is 1. The highest BCUT2D eigenvalue weighted by atomic mass is 79.9. The van der Waals surface area contributed by atoms with Crippen LogP contribution in [0.2, 0.25) is 0 Å². The second-order valence-electron chi connectivity index (χ2n) is 8.26. The molecule has 4 rings (SSSR count). The van der Waals surface area contributed by atoms with Crippen LogP contribution in [-0.2, 0) is 11.2 Å². The molecule has 4 amide bonds. The van der Waals surface area contributed by atoms with E-state index in [0.29, 0.717) is 29.9 Å². The number of anilines is 2. The normalized spacial score (nSPS) is 10.4. The highest BCUT2D eigenvalue weighted by Gasteiger charge is 2.08. The van der Waals surface area contributed by atoms with Gasteiger partial charge >= 0.3 is 12.1 Å².